The van der Waals surface area contributed by atoms with Crippen LogP contribution in [0.5, 0.6) is 0 Å². The first kappa shape index (κ1) is 16.5. The van der Waals surface area contributed by atoms with E-state index in [1.54, 1.807) is 0 Å². The zero-order valence-electron chi connectivity index (χ0n) is 13.9. The van der Waals surface area contributed by atoms with Crippen molar-refractivity contribution in [3.05, 3.63) is 35.4 Å². The van der Waals surface area contributed by atoms with Crippen LogP contribution >= 0.6 is 0 Å². The van der Waals surface area contributed by atoms with Crippen LogP contribution in [-0.2, 0) is 13.1 Å². The lowest BCUT2D eigenvalue weighted by Gasteiger charge is -2.35. The van der Waals surface area contributed by atoms with E-state index in [0.717, 1.165) is 25.7 Å². The van der Waals surface area contributed by atoms with Gasteiger partial charge in [-0.25, -0.2) is 0 Å². The van der Waals surface area contributed by atoms with Crippen LogP contribution in [0.15, 0.2) is 24.3 Å². The van der Waals surface area contributed by atoms with Gasteiger partial charge in [0.1, 0.15) is 0 Å². The van der Waals surface area contributed by atoms with Crippen molar-refractivity contribution < 1.29 is 0 Å². The lowest BCUT2D eigenvalue weighted by atomic mass is 10.0. The van der Waals surface area contributed by atoms with Crippen molar-refractivity contribution in [2.24, 2.45) is 0 Å². The average Bonchev–Trinajstić information content (AvgIpc) is 2.50. The molecule has 0 atom stereocenters. The molecule has 0 amide bonds. The number of rotatable bonds is 7. The van der Waals surface area contributed by atoms with Crippen molar-refractivity contribution in [1.29, 1.82) is 0 Å². The first-order chi connectivity index (χ1) is 10.2. The normalized spacial score (nSPS) is 17.5. The SMILES string of the molecule is CCCNCc1ccc(CN2CCC(N(C)C)CC2)cc1. The number of hydrogen-bond acceptors (Lipinski definition) is 3. The number of piperidine rings is 1. The fourth-order valence-electron chi connectivity index (χ4n) is 3.02. The van der Waals surface area contributed by atoms with Gasteiger partial charge in [-0.2, -0.15) is 0 Å². The topological polar surface area (TPSA) is 18.5 Å². The predicted molar refractivity (Wildman–Crippen MR) is 90.4 cm³/mol. The van der Waals surface area contributed by atoms with Crippen molar-refractivity contribution in [3.63, 3.8) is 0 Å². The van der Waals surface area contributed by atoms with Gasteiger partial charge in [0.2, 0.25) is 0 Å². The van der Waals surface area contributed by atoms with E-state index in [1.165, 1.54) is 43.5 Å². The summed E-state index contributed by atoms with van der Waals surface area (Å²) < 4.78 is 0. The van der Waals surface area contributed by atoms with Crippen LogP contribution < -0.4 is 5.32 Å². The second kappa shape index (κ2) is 8.52. The van der Waals surface area contributed by atoms with Crippen LogP contribution in [-0.4, -0.2) is 49.6 Å². The Kier molecular flexibility index (Phi) is 6.68. The Morgan fingerprint density at radius 3 is 2.29 bits per heavy atom. The van der Waals surface area contributed by atoms with Crippen LogP contribution in [0.25, 0.3) is 0 Å². The molecule has 0 spiro atoms. The second-order valence-corrected chi connectivity index (χ2v) is 6.46. The number of hydrogen-bond donors (Lipinski definition) is 1. The Morgan fingerprint density at radius 1 is 1.10 bits per heavy atom. The third-order valence-electron chi connectivity index (χ3n) is 4.47. The predicted octanol–water partition coefficient (Wildman–Crippen LogP) is 2.71. The fraction of sp³-hybridized carbons (Fsp3) is 0.667. The van der Waals surface area contributed by atoms with E-state index in [4.69, 9.17) is 0 Å². The zero-order chi connectivity index (χ0) is 15.1. The molecule has 1 aromatic carbocycles. The van der Waals surface area contributed by atoms with E-state index in [-0.39, 0.29) is 0 Å². The van der Waals surface area contributed by atoms with Crippen LogP contribution in [0.4, 0.5) is 0 Å². The van der Waals surface area contributed by atoms with Gasteiger partial charge in [0, 0.05) is 19.1 Å². The van der Waals surface area contributed by atoms with Crippen molar-refractivity contribution >= 4 is 0 Å². The molecule has 1 N–H and O–H groups in total. The molecule has 0 bridgehead atoms. The maximum absolute atomic E-state index is 3.45. The van der Waals surface area contributed by atoms with Crippen LogP contribution in [0, 0.1) is 0 Å². The van der Waals surface area contributed by atoms with Crippen molar-refractivity contribution in [1.82, 2.24) is 15.1 Å². The molecule has 1 saturated heterocycles. The van der Waals surface area contributed by atoms with Gasteiger partial charge in [-0.05, 0) is 64.1 Å². The minimum absolute atomic E-state index is 0.772. The molecule has 0 aromatic heterocycles. The summed E-state index contributed by atoms with van der Waals surface area (Å²) in [6.45, 7) is 7.84. The third kappa shape index (κ3) is 5.42. The summed E-state index contributed by atoms with van der Waals surface area (Å²) in [5.74, 6) is 0. The summed E-state index contributed by atoms with van der Waals surface area (Å²) in [6.07, 6.45) is 3.79. The van der Waals surface area contributed by atoms with Crippen molar-refractivity contribution in [3.8, 4) is 0 Å². The molecule has 0 radical (unpaired) electrons. The maximum Gasteiger partial charge on any atom is 0.0233 e. The molecule has 1 aliphatic rings. The Labute approximate surface area is 130 Å². The zero-order valence-corrected chi connectivity index (χ0v) is 13.9. The van der Waals surface area contributed by atoms with Crippen molar-refractivity contribution in [2.75, 3.05) is 33.7 Å². The van der Waals surface area contributed by atoms with E-state index in [1.807, 2.05) is 0 Å². The molecule has 2 rings (SSSR count). The summed E-state index contributed by atoms with van der Waals surface area (Å²) in [5.41, 5.74) is 2.83. The molecule has 118 valence electrons. The van der Waals surface area contributed by atoms with E-state index >= 15 is 0 Å². The Hall–Kier alpha value is -0.900. The number of benzene rings is 1. The molecule has 1 fully saturated rings. The van der Waals surface area contributed by atoms with Gasteiger partial charge in [-0.3, -0.25) is 4.90 Å². The van der Waals surface area contributed by atoms with Gasteiger partial charge in [0.05, 0.1) is 0 Å². The molecule has 1 heterocycles. The number of likely N-dealkylation sites (tertiary alicyclic amines) is 1. The molecule has 1 aliphatic heterocycles. The molecular weight excluding hydrogens is 258 g/mol. The highest BCUT2D eigenvalue weighted by atomic mass is 15.2. The van der Waals surface area contributed by atoms with E-state index in [0.29, 0.717) is 0 Å². The maximum atomic E-state index is 3.45. The number of nitrogens with one attached hydrogen (secondary N) is 1. The van der Waals surface area contributed by atoms with Gasteiger partial charge in [-0.15, -0.1) is 0 Å². The highest BCUT2D eigenvalue weighted by Crippen LogP contribution is 2.16. The minimum Gasteiger partial charge on any atom is -0.313 e. The largest absolute Gasteiger partial charge is 0.313 e. The molecule has 0 unspecified atom stereocenters. The van der Waals surface area contributed by atoms with Crippen LogP contribution in [0.3, 0.4) is 0 Å². The molecule has 0 saturated carbocycles. The third-order valence-corrected chi connectivity index (χ3v) is 4.47. The minimum atomic E-state index is 0.772. The molecule has 3 nitrogen and oxygen atoms in total. The molecule has 3 heteroatoms. The quantitative estimate of drug-likeness (QED) is 0.779. The molecule has 21 heavy (non-hydrogen) atoms. The van der Waals surface area contributed by atoms with E-state index in [2.05, 4.69) is 60.4 Å². The van der Waals surface area contributed by atoms with Gasteiger partial charge < -0.3 is 10.2 Å². The fourth-order valence-corrected chi connectivity index (χ4v) is 3.02. The highest BCUT2D eigenvalue weighted by Gasteiger charge is 2.20. The monoisotopic (exact) mass is 289 g/mol. The first-order valence-corrected chi connectivity index (χ1v) is 8.36. The average molecular weight is 289 g/mol. The van der Waals surface area contributed by atoms with Gasteiger partial charge in [-0.1, -0.05) is 31.2 Å². The Bertz CT molecular complexity index is 391. The summed E-state index contributed by atoms with van der Waals surface area (Å²) in [6, 6.07) is 9.89. The van der Waals surface area contributed by atoms with Crippen molar-refractivity contribution in [2.45, 2.75) is 45.3 Å². The van der Waals surface area contributed by atoms with Gasteiger partial charge in [0.25, 0.3) is 0 Å². The second-order valence-electron chi connectivity index (χ2n) is 6.46. The highest BCUT2D eigenvalue weighted by molar-refractivity contribution is 5.22. The van der Waals surface area contributed by atoms with Crippen LogP contribution in [0.2, 0.25) is 0 Å². The van der Waals surface area contributed by atoms with Crippen LogP contribution in [0.1, 0.15) is 37.3 Å². The number of nitrogens with zero attached hydrogens (tertiary/aromatic N) is 2. The summed E-state index contributed by atoms with van der Waals surface area (Å²) >= 11 is 0. The smallest absolute Gasteiger partial charge is 0.0233 e. The van der Waals surface area contributed by atoms with E-state index < -0.39 is 0 Å². The summed E-state index contributed by atoms with van der Waals surface area (Å²) in [4.78, 5) is 4.96. The molecule has 0 aliphatic carbocycles. The molecule has 1 aromatic rings. The standard InChI is InChI=1S/C18H31N3/c1-4-11-19-14-16-5-7-17(8-6-16)15-21-12-9-18(10-13-21)20(2)3/h5-8,18-19H,4,9-15H2,1-3H3. The van der Waals surface area contributed by atoms with Gasteiger partial charge >= 0.3 is 0 Å². The first-order valence-electron chi connectivity index (χ1n) is 8.36. The van der Waals surface area contributed by atoms with E-state index in [9.17, 15) is 0 Å². The Balaban J connectivity index is 1.76. The Morgan fingerprint density at radius 2 is 1.71 bits per heavy atom. The summed E-state index contributed by atoms with van der Waals surface area (Å²) in [5, 5.41) is 3.45. The van der Waals surface area contributed by atoms with Gasteiger partial charge in [0.15, 0.2) is 0 Å². The lowest BCUT2D eigenvalue weighted by molar-refractivity contribution is 0.140. The molecular formula is C18H31N3. The summed E-state index contributed by atoms with van der Waals surface area (Å²) in [7, 11) is 4.40. The lowest BCUT2D eigenvalue weighted by Crippen LogP contribution is -2.41.